The highest BCUT2D eigenvalue weighted by Gasteiger charge is 2.26. The van der Waals surface area contributed by atoms with Crippen molar-refractivity contribution in [3.8, 4) is 0 Å². The van der Waals surface area contributed by atoms with Crippen molar-refractivity contribution in [3.05, 3.63) is 40.4 Å². The smallest absolute Gasteiger partial charge is 0.305 e. The van der Waals surface area contributed by atoms with Gasteiger partial charge in [-0.1, -0.05) is 32.5 Å². The molecule has 9 nitrogen and oxygen atoms in total. The Morgan fingerprint density at radius 3 is 2.94 bits per heavy atom. The highest BCUT2D eigenvalue weighted by molar-refractivity contribution is 7.99. The summed E-state index contributed by atoms with van der Waals surface area (Å²) in [5.41, 5.74) is 6.90. The number of fused-ring (bicyclic) bond motifs is 5. The molecular formula is C22H24N6O3S2. The minimum absolute atomic E-state index is 0.0636. The van der Waals surface area contributed by atoms with Crippen LogP contribution in [0.1, 0.15) is 59.9 Å². The largest absolute Gasteiger partial charge is 0.459 e. The number of amides is 2. The second-order valence-corrected chi connectivity index (χ2v) is 10.6. The van der Waals surface area contributed by atoms with E-state index in [4.69, 9.17) is 9.40 Å². The van der Waals surface area contributed by atoms with Gasteiger partial charge in [-0.25, -0.2) is 4.98 Å². The molecule has 4 heterocycles. The highest BCUT2D eigenvalue weighted by Crippen LogP contribution is 2.40. The van der Waals surface area contributed by atoms with Crippen LogP contribution in [-0.2, 0) is 17.6 Å². The third-order valence-electron chi connectivity index (χ3n) is 5.70. The van der Waals surface area contributed by atoms with Crippen molar-refractivity contribution in [1.82, 2.24) is 30.4 Å². The molecule has 1 atom stereocenters. The van der Waals surface area contributed by atoms with Crippen LogP contribution in [0, 0.1) is 5.92 Å². The molecule has 0 saturated carbocycles. The number of carbonyl (C=O) groups is 2. The maximum atomic E-state index is 12.3. The maximum absolute atomic E-state index is 12.3. The summed E-state index contributed by atoms with van der Waals surface area (Å²) in [6.45, 7) is 6.48. The zero-order chi connectivity index (χ0) is 23.1. The van der Waals surface area contributed by atoms with Crippen LogP contribution in [-0.4, -0.2) is 37.1 Å². The fourth-order valence-corrected chi connectivity index (χ4v) is 6.21. The summed E-state index contributed by atoms with van der Waals surface area (Å²) in [6.07, 6.45) is 4.67. The summed E-state index contributed by atoms with van der Waals surface area (Å²) in [5.74, 6) is 1.03. The average molecular weight is 485 g/mol. The number of hydrogen-bond donors (Lipinski definition) is 2. The third-order valence-corrected chi connectivity index (χ3v) is 7.78. The van der Waals surface area contributed by atoms with E-state index >= 15 is 0 Å². The fraction of sp³-hybridized carbons (Fsp3) is 0.409. The minimum Gasteiger partial charge on any atom is -0.459 e. The summed E-state index contributed by atoms with van der Waals surface area (Å²) in [5, 5.41) is 10.6. The molecule has 0 aromatic carbocycles. The van der Waals surface area contributed by atoms with E-state index in [1.807, 2.05) is 4.40 Å². The van der Waals surface area contributed by atoms with Gasteiger partial charge in [0.1, 0.15) is 10.7 Å². The first-order valence-electron chi connectivity index (χ1n) is 10.9. The topological polar surface area (TPSA) is 114 Å². The van der Waals surface area contributed by atoms with Crippen LogP contribution < -0.4 is 10.9 Å². The quantitative estimate of drug-likeness (QED) is 0.328. The number of nitrogens with zero attached hydrogens (tertiary/aromatic N) is 4. The van der Waals surface area contributed by atoms with Gasteiger partial charge < -0.3 is 4.42 Å². The van der Waals surface area contributed by atoms with E-state index in [0.29, 0.717) is 11.1 Å². The standard InChI is InChI=1S/C22H24N6O3S2/c1-11(2)18-23-21-17(13-7-6-12(3)9-15(13)33-21)19-25-27-22(28(18)19)32-10-16(29)24-26-20(30)14-5-4-8-31-14/h4-5,8,11-12H,6-7,9-10H2,1-3H3,(H,24,29)(H,26,30)/t12-/m0/s1. The Morgan fingerprint density at radius 2 is 2.18 bits per heavy atom. The van der Waals surface area contributed by atoms with Gasteiger partial charge in [-0.3, -0.25) is 24.8 Å². The van der Waals surface area contributed by atoms with Crippen molar-refractivity contribution in [2.45, 2.75) is 51.1 Å². The lowest BCUT2D eigenvalue weighted by atomic mass is 9.89. The van der Waals surface area contributed by atoms with Crippen molar-refractivity contribution in [3.63, 3.8) is 0 Å². The van der Waals surface area contributed by atoms with Crippen LogP contribution in [0.15, 0.2) is 28.0 Å². The summed E-state index contributed by atoms with van der Waals surface area (Å²) in [6, 6.07) is 3.12. The van der Waals surface area contributed by atoms with Gasteiger partial charge in [0.25, 0.3) is 0 Å². The molecule has 11 heteroatoms. The second-order valence-electron chi connectivity index (χ2n) is 8.57. The predicted molar refractivity (Wildman–Crippen MR) is 126 cm³/mol. The van der Waals surface area contributed by atoms with Gasteiger partial charge in [0.05, 0.1) is 17.4 Å². The number of nitrogens with one attached hydrogen (secondary N) is 2. The number of hydrogen-bond acceptors (Lipinski definition) is 8. The lowest BCUT2D eigenvalue weighted by Crippen LogP contribution is -2.42. The number of aromatic nitrogens is 4. The Kier molecular flexibility index (Phi) is 5.83. The van der Waals surface area contributed by atoms with Crippen LogP contribution in [0.4, 0.5) is 0 Å². The van der Waals surface area contributed by atoms with Crippen molar-refractivity contribution in [2.75, 3.05) is 5.75 Å². The van der Waals surface area contributed by atoms with Gasteiger partial charge in [-0.15, -0.1) is 21.5 Å². The van der Waals surface area contributed by atoms with Crippen LogP contribution in [0.3, 0.4) is 0 Å². The fourth-order valence-electron chi connectivity index (χ4n) is 4.08. The lowest BCUT2D eigenvalue weighted by Gasteiger charge is -2.17. The van der Waals surface area contributed by atoms with Gasteiger partial charge in [-0.05, 0) is 42.9 Å². The van der Waals surface area contributed by atoms with E-state index in [-0.39, 0.29) is 23.3 Å². The van der Waals surface area contributed by atoms with Crippen molar-refractivity contribution >= 4 is 50.8 Å². The minimum atomic E-state index is -0.517. The van der Waals surface area contributed by atoms with Crippen molar-refractivity contribution < 1.29 is 14.0 Å². The number of rotatable bonds is 5. The Bertz CT molecular complexity index is 1340. The monoisotopic (exact) mass is 484 g/mol. The summed E-state index contributed by atoms with van der Waals surface area (Å²) >= 11 is 3.03. The number of furan rings is 1. The number of carbonyl (C=O) groups excluding carboxylic acids is 2. The second kappa shape index (κ2) is 8.79. The molecule has 0 saturated heterocycles. The van der Waals surface area contributed by atoms with E-state index < -0.39 is 5.91 Å². The van der Waals surface area contributed by atoms with Crippen LogP contribution >= 0.6 is 23.1 Å². The Hall–Kier alpha value is -2.92. The summed E-state index contributed by atoms with van der Waals surface area (Å²) in [4.78, 5) is 31.7. The molecule has 1 aliphatic carbocycles. The zero-order valence-electron chi connectivity index (χ0n) is 18.5. The van der Waals surface area contributed by atoms with Gasteiger partial charge in [0.2, 0.25) is 5.91 Å². The molecule has 172 valence electrons. The molecule has 0 radical (unpaired) electrons. The third kappa shape index (κ3) is 4.10. The number of thioether (sulfide) groups is 1. The number of hydrazine groups is 1. The molecule has 0 spiro atoms. The average Bonchev–Trinajstić information content (AvgIpc) is 3.52. The first kappa shape index (κ1) is 21.9. The molecular weight excluding hydrogens is 460 g/mol. The Labute approximate surface area is 198 Å². The predicted octanol–water partition coefficient (Wildman–Crippen LogP) is 3.73. The van der Waals surface area contributed by atoms with Gasteiger partial charge in [-0.2, -0.15) is 0 Å². The molecule has 0 aliphatic heterocycles. The first-order chi connectivity index (χ1) is 15.9. The van der Waals surface area contributed by atoms with Crippen LogP contribution in [0.2, 0.25) is 0 Å². The van der Waals surface area contributed by atoms with Gasteiger partial charge in [0.15, 0.2) is 16.6 Å². The molecule has 4 aromatic heterocycles. The van der Waals surface area contributed by atoms with E-state index in [2.05, 4.69) is 41.8 Å². The van der Waals surface area contributed by atoms with Crippen LogP contribution in [0.25, 0.3) is 15.9 Å². The number of thiophene rings is 1. The summed E-state index contributed by atoms with van der Waals surface area (Å²) in [7, 11) is 0. The molecule has 5 rings (SSSR count). The Morgan fingerprint density at radius 1 is 1.33 bits per heavy atom. The maximum Gasteiger partial charge on any atom is 0.305 e. The van der Waals surface area contributed by atoms with E-state index in [1.165, 1.54) is 34.5 Å². The first-order valence-corrected chi connectivity index (χ1v) is 12.7. The SMILES string of the molecule is CC(C)c1nc2sc3c(c2c2nnc(SCC(=O)NNC(=O)c4ccco4)n12)CC[C@H](C)C3. The van der Waals surface area contributed by atoms with E-state index in [0.717, 1.165) is 41.0 Å². The van der Waals surface area contributed by atoms with Gasteiger partial charge in [0, 0.05) is 10.8 Å². The summed E-state index contributed by atoms with van der Waals surface area (Å²) < 4.78 is 6.99. The van der Waals surface area contributed by atoms with E-state index in [9.17, 15) is 9.59 Å². The molecule has 0 unspecified atom stereocenters. The molecule has 0 bridgehead atoms. The molecule has 1 aliphatic rings. The van der Waals surface area contributed by atoms with Crippen LogP contribution in [0.5, 0.6) is 0 Å². The zero-order valence-corrected chi connectivity index (χ0v) is 20.2. The normalized spacial score (nSPS) is 15.8. The lowest BCUT2D eigenvalue weighted by molar-refractivity contribution is -0.119. The van der Waals surface area contributed by atoms with Crippen molar-refractivity contribution in [2.24, 2.45) is 5.92 Å². The molecule has 33 heavy (non-hydrogen) atoms. The molecule has 0 fully saturated rings. The molecule has 4 aromatic rings. The Balaban J connectivity index is 1.40. The van der Waals surface area contributed by atoms with E-state index in [1.54, 1.807) is 17.4 Å². The molecule has 2 N–H and O–H groups in total. The highest BCUT2D eigenvalue weighted by atomic mass is 32.2. The van der Waals surface area contributed by atoms with Gasteiger partial charge >= 0.3 is 5.91 Å². The van der Waals surface area contributed by atoms with Crippen molar-refractivity contribution in [1.29, 1.82) is 0 Å². The number of aryl methyl sites for hydroxylation is 1. The molecule has 2 amide bonds.